The molecule has 0 radical (unpaired) electrons. The molecule has 0 bridgehead atoms. The van der Waals surface area contributed by atoms with E-state index in [1.165, 1.54) is 0 Å². The standard InChI is InChI=1S/C9H18N4S/c1-3-13-6-8(5-11-13)9(12-10)7-14-4-2/h5-6,9,12H,3-4,7,10H2,1-2H3. The fourth-order valence-electron chi connectivity index (χ4n) is 1.21. The Morgan fingerprint density at radius 1 is 1.64 bits per heavy atom. The highest BCUT2D eigenvalue weighted by atomic mass is 32.2. The molecule has 1 aromatic rings. The summed E-state index contributed by atoms with van der Waals surface area (Å²) in [6, 6.07) is 0.209. The highest BCUT2D eigenvalue weighted by molar-refractivity contribution is 7.99. The van der Waals surface area contributed by atoms with Crippen LogP contribution in [0.3, 0.4) is 0 Å². The van der Waals surface area contributed by atoms with Crippen LogP contribution in [-0.2, 0) is 6.54 Å². The van der Waals surface area contributed by atoms with Crippen LogP contribution in [0.25, 0.3) is 0 Å². The van der Waals surface area contributed by atoms with Crippen molar-refractivity contribution in [2.24, 2.45) is 5.84 Å². The van der Waals surface area contributed by atoms with Gasteiger partial charge in [0, 0.05) is 24.1 Å². The molecule has 1 rings (SSSR count). The molecule has 1 atom stereocenters. The maximum Gasteiger partial charge on any atom is 0.0581 e. The molecule has 0 aliphatic heterocycles. The van der Waals surface area contributed by atoms with E-state index >= 15 is 0 Å². The Balaban J connectivity index is 2.58. The summed E-state index contributed by atoms with van der Waals surface area (Å²) in [6.07, 6.45) is 3.92. The number of rotatable bonds is 6. The first-order valence-corrected chi connectivity index (χ1v) is 6.03. The minimum Gasteiger partial charge on any atom is -0.273 e. The SMILES string of the molecule is CCSCC(NN)c1cnn(CC)c1. The van der Waals surface area contributed by atoms with Gasteiger partial charge in [-0.25, -0.2) is 0 Å². The molecule has 0 fully saturated rings. The molecule has 14 heavy (non-hydrogen) atoms. The zero-order valence-corrected chi connectivity index (χ0v) is 9.55. The Bertz CT molecular complexity index is 261. The van der Waals surface area contributed by atoms with Gasteiger partial charge in [0.15, 0.2) is 0 Å². The summed E-state index contributed by atoms with van der Waals surface area (Å²) >= 11 is 1.87. The zero-order valence-electron chi connectivity index (χ0n) is 8.73. The van der Waals surface area contributed by atoms with Gasteiger partial charge in [0.05, 0.1) is 12.2 Å². The highest BCUT2D eigenvalue weighted by Crippen LogP contribution is 2.16. The summed E-state index contributed by atoms with van der Waals surface area (Å²) < 4.78 is 1.91. The van der Waals surface area contributed by atoms with Crippen LogP contribution in [0.2, 0.25) is 0 Å². The smallest absolute Gasteiger partial charge is 0.0581 e. The fourth-order valence-corrected chi connectivity index (χ4v) is 1.97. The van der Waals surface area contributed by atoms with Gasteiger partial charge in [0.1, 0.15) is 0 Å². The van der Waals surface area contributed by atoms with Crippen LogP contribution in [-0.4, -0.2) is 21.3 Å². The number of nitrogens with two attached hydrogens (primary N) is 1. The van der Waals surface area contributed by atoms with Gasteiger partial charge >= 0.3 is 0 Å². The van der Waals surface area contributed by atoms with E-state index in [0.29, 0.717) is 0 Å². The third kappa shape index (κ3) is 3.01. The summed E-state index contributed by atoms with van der Waals surface area (Å²) in [7, 11) is 0. The lowest BCUT2D eigenvalue weighted by molar-refractivity contribution is 0.607. The third-order valence-corrected chi connectivity index (χ3v) is 3.05. The molecule has 1 heterocycles. The van der Waals surface area contributed by atoms with Crippen LogP contribution < -0.4 is 11.3 Å². The van der Waals surface area contributed by atoms with Crippen molar-refractivity contribution in [2.45, 2.75) is 26.4 Å². The van der Waals surface area contributed by atoms with Crippen molar-refractivity contribution in [3.05, 3.63) is 18.0 Å². The molecule has 1 unspecified atom stereocenters. The first kappa shape index (κ1) is 11.6. The van der Waals surface area contributed by atoms with Gasteiger partial charge < -0.3 is 0 Å². The number of thioether (sulfide) groups is 1. The van der Waals surface area contributed by atoms with Crippen molar-refractivity contribution in [3.63, 3.8) is 0 Å². The number of hydrazine groups is 1. The summed E-state index contributed by atoms with van der Waals surface area (Å²) in [6.45, 7) is 5.12. The van der Waals surface area contributed by atoms with Crippen molar-refractivity contribution in [1.29, 1.82) is 0 Å². The summed E-state index contributed by atoms with van der Waals surface area (Å²) in [5.41, 5.74) is 3.98. The van der Waals surface area contributed by atoms with Crippen LogP contribution in [0.15, 0.2) is 12.4 Å². The molecule has 0 saturated carbocycles. The molecular weight excluding hydrogens is 196 g/mol. The lowest BCUT2D eigenvalue weighted by Gasteiger charge is -2.12. The highest BCUT2D eigenvalue weighted by Gasteiger charge is 2.10. The van der Waals surface area contributed by atoms with Crippen LogP contribution in [0, 0.1) is 0 Å². The van der Waals surface area contributed by atoms with E-state index in [1.54, 1.807) is 0 Å². The first-order valence-electron chi connectivity index (χ1n) is 4.88. The van der Waals surface area contributed by atoms with E-state index in [2.05, 4.69) is 24.4 Å². The third-order valence-electron chi connectivity index (χ3n) is 2.07. The second-order valence-electron chi connectivity index (χ2n) is 3.01. The Hall–Kier alpha value is -0.520. The molecule has 0 amide bonds. The molecule has 4 nitrogen and oxygen atoms in total. The van der Waals surface area contributed by atoms with E-state index < -0.39 is 0 Å². The monoisotopic (exact) mass is 214 g/mol. The summed E-state index contributed by atoms with van der Waals surface area (Å²) in [5, 5.41) is 4.22. The Labute approximate surface area is 89.2 Å². The van der Waals surface area contributed by atoms with Crippen molar-refractivity contribution in [3.8, 4) is 0 Å². The van der Waals surface area contributed by atoms with Crippen molar-refractivity contribution in [2.75, 3.05) is 11.5 Å². The van der Waals surface area contributed by atoms with Crippen molar-refractivity contribution >= 4 is 11.8 Å². The Kier molecular flexibility index (Phi) is 5.00. The van der Waals surface area contributed by atoms with Crippen LogP contribution in [0.4, 0.5) is 0 Å². The van der Waals surface area contributed by atoms with Crippen molar-refractivity contribution < 1.29 is 0 Å². The molecular formula is C9H18N4S. The van der Waals surface area contributed by atoms with Crippen LogP contribution in [0.5, 0.6) is 0 Å². The van der Waals surface area contributed by atoms with Gasteiger partial charge in [-0.05, 0) is 12.7 Å². The molecule has 80 valence electrons. The molecule has 5 heteroatoms. The van der Waals surface area contributed by atoms with Gasteiger partial charge in [0.25, 0.3) is 0 Å². The number of nitrogens with zero attached hydrogens (tertiary/aromatic N) is 2. The molecule has 0 aliphatic rings. The molecule has 1 aromatic heterocycles. The fraction of sp³-hybridized carbons (Fsp3) is 0.667. The first-order chi connectivity index (χ1) is 6.81. The van der Waals surface area contributed by atoms with Gasteiger partial charge in [-0.3, -0.25) is 16.0 Å². The molecule has 0 saturated heterocycles. The number of hydrogen-bond donors (Lipinski definition) is 2. The van der Waals surface area contributed by atoms with Gasteiger partial charge in [-0.15, -0.1) is 0 Å². The second kappa shape index (κ2) is 6.06. The summed E-state index contributed by atoms with van der Waals surface area (Å²) in [4.78, 5) is 0. The predicted octanol–water partition coefficient (Wildman–Crippen LogP) is 1.16. The van der Waals surface area contributed by atoms with Gasteiger partial charge in [-0.1, -0.05) is 6.92 Å². The number of aromatic nitrogens is 2. The molecule has 0 spiro atoms. The van der Waals surface area contributed by atoms with Gasteiger partial charge in [0.2, 0.25) is 0 Å². The van der Waals surface area contributed by atoms with Gasteiger partial charge in [-0.2, -0.15) is 16.9 Å². The van der Waals surface area contributed by atoms with E-state index in [9.17, 15) is 0 Å². The predicted molar refractivity (Wildman–Crippen MR) is 61.0 cm³/mol. The number of aryl methyl sites for hydroxylation is 1. The topological polar surface area (TPSA) is 55.9 Å². The largest absolute Gasteiger partial charge is 0.273 e. The number of nitrogens with one attached hydrogen (secondary N) is 1. The lowest BCUT2D eigenvalue weighted by atomic mass is 10.2. The number of hydrogen-bond acceptors (Lipinski definition) is 4. The average Bonchev–Trinajstić information content (AvgIpc) is 2.68. The minimum absolute atomic E-state index is 0.209. The quantitative estimate of drug-likeness (QED) is 0.551. The maximum absolute atomic E-state index is 5.50. The zero-order chi connectivity index (χ0) is 10.4. The molecule has 3 N–H and O–H groups in total. The van der Waals surface area contributed by atoms with E-state index in [1.807, 2.05) is 28.8 Å². The van der Waals surface area contributed by atoms with E-state index in [-0.39, 0.29) is 6.04 Å². The molecule has 0 aromatic carbocycles. The second-order valence-corrected chi connectivity index (χ2v) is 4.33. The van der Waals surface area contributed by atoms with Crippen LogP contribution >= 0.6 is 11.8 Å². The summed E-state index contributed by atoms with van der Waals surface area (Å²) in [5.74, 6) is 7.60. The maximum atomic E-state index is 5.50. The van der Waals surface area contributed by atoms with Crippen LogP contribution in [0.1, 0.15) is 25.5 Å². The average molecular weight is 214 g/mol. The lowest BCUT2D eigenvalue weighted by Crippen LogP contribution is -2.29. The Morgan fingerprint density at radius 2 is 2.43 bits per heavy atom. The van der Waals surface area contributed by atoms with E-state index in [4.69, 9.17) is 5.84 Å². The normalized spacial score (nSPS) is 13.1. The van der Waals surface area contributed by atoms with Crippen molar-refractivity contribution in [1.82, 2.24) is 15.2 Å². The Morgan fingerprint density at radius 3 is 2.93 bits per heavy atom. The minimum atomic E-state index is 0.209. The van der Waals surface area contributed by atoms with E-state index in [0.717, 1.165) is 23.6 Å². The molecule has 0 aliphatic carbocycles.